The quantitative estimate of drug-likeness (QED) is 0.247. The van der Waals surface area contributed by atoms with Crippen molar-refractivity contribution in [3.63, 3.8) is 0 Å². The van der Waals surface area contributed by atoms with Gasteiger partial charge in [-0.1, -0.05) is 0 Å². The Hall–Kier alpha value is -0.0662. The molecular weight excluding hydrogens is 176 g/mol. The number of hydrogen-bond acceptors (Lipinski definition) is 6. The SMILES string of the molecule is O[Si](O)(O)/C=C/[Si](O)(O)O. The van der Waals surface area contributed by atoms with Crippen LogP contribution in [0.5, 0.6) is 0 Å². The van der Waals surface area contributed by atoms with Gasteiger partial charge in [-0.25, -0.2) is 0 Å². The minimum atomic E-state index is -4.39. The maximum absolute atomic E-state index is 8.23. The first kappa shape index (κ1) is 9.93. The topological polar surface area (TPSA) is 121 Å². The first-order chi connectivity index (χ1) is 4.21. The molecule has 0 aromatic rings. The molecule has 0 atom stereocenters. The van der Waals surface area contributed by atoms with E-state index >= 15 is 0 Å². The van der Waals surface area contributed by atoms with Crippen LogP contribution in [0.25, 0.3) is 0 Å². The van der Waals surface area contributed by atoms with E-state index in [1.54, 1.807) is 0 Å². The van der Waals surface area contributed by atoms with E-state index in [0.717, 1.165) is 0 Å². The van der Waals surface area contributed by atoms with Gasteiger partial charge in [0.25, 0.3) is 0 Å². The first-order valence-electron chi connectivity index (χ1n) is 2.25. The average molecular weight is 184 g/mol. The lowest BCUT2D eigenvalue weighted by atomic mass is 11.2. The second-order valence-corrected chi connectivity index (χ2v) is 5.12. The normalized spacial score (nSPS) is 14.6. The lowest BCUT2D eigenvalue weighted by molar-refractivity contribution is 0.239. The fraction of sp³-hybridized carbons (Fsp3) is 0. The Morgan fingerprint density at radius 1 is 0.600 bits per heavy atom. The smallest absolute Gasteiger partial charge is 0.387 e. The molecule has 0 saturated carbocycles. The van der Waals surface area contributed by atoms with Gasteiger partial charge in [-0.3, -0.25) is 0 Å². The van der Waals surface area contributed by atoms with E-state index in [1.807, 2.05) is 0 Å². The molecule has 0 radical (unpaired) electrons. The lowest BCUT2D eigenvalue weighted by Gasteiger charge is -2.04. The Morgan fingerprint density at radius 2 is 0.800 bits per heavy atom. The molecule has 0 spiro atoms. The molecule has 10 heavy (non-hydrogen) atoms. The van der Waals surface area contributed by atoms with Crippen molar-refractivity contribution in [2.24, 2.45) is 0 Å². The molecule has 0 aromatic carbocycles. The van der Waals surface area contributed by atoms with Crippen LogP contribution < -0.4 is 0 Å². The molecule has 0 aromatic heterocycles. The zero-order valence-corrected chi connectivity index (χ0v) is 6.84. The van der Waals surface area contributed by atoms with Gasteiger partial charge < -0.3 is 28.8 Å². The molecule has 0 amide bonds. The Balaban J connectivity index is 4.01. The zero-order chi connectivity index (χ0) is 8.41. The van der Waals surface area contributed by atoms with Crippen molar-refractivity contribution in [3.8, 4) is 0 Å². The summed E-state index contributed by atoms with van der Waals surface area (Å²) in [6, 6.07) is 0. The minimum Gasteiger partial charge on any atom is -0.387 e. The Morgan fingerprint density at radius 3 is 0.900 bits per heavy atom. The van der Waals surface area contributed by atoms with Gasteiger partial charge in [-0.15, -0.1) is 0 Å². The van der Waals surface area contributed by atoms with Crippen molar-refractivity contribution in [2.45, 2.75) is 0 Å². The first-order valence-corrected chi connectivity index (χ1v) is 6.09. The van der Waals surface area contributed by atoms with Gasteiger partial charge in [0.2, 0.25) is 0 Å². The van der Waals surface area contributed by atoms with Gasteiger partial charge in [0, 0.05) is 0 Å². The monoisotopic (exact) mass is 184 g/mol. The summed E-state index contributed by atoms with van der Waals surface area (Å²) >= 11 is 0. The number of rotatable bonds is 2. The summed E-state index contributed by atoms with van der Waals surface area (Å²) < 4.78 is 0. The number of hydrogen-bond donors (Lipinski definition) is 6. The van der Waals surface area contributed by atoms with Crippen LogP contribution in [0.3, 0.4) is 0 Å². The van der Waals surface area contributed by atoms with Gasteiger partial charge >= 0.3 is 17.6 Å². The molecule has 0 aliphatic carbocycles. The third-order valence-electron chi connectivity index (χ3n) is 0.531. The van der Waals surface area contributed by atoms with Crippen LogP contribution in [0.2, 0.25) is 0 Å². The van der Waals surface area contributed by atoms with Crippen molar-refractivity contribution in [3.05, 3.63) is 11.4 Å². The highest BCUT2D eigenvalue weighted by atomic mass is 28.4. The molecule has 0 aliphatic heterocycles. The minimum absolute atomic E-state index is 0.388. The predicted octanol–water partition coefficient (Wildman–Crippen LogP) is -3.55. The fourth-order valence-corrected chi connectivity index (χ4v) is 2.01. The highest BCUT2D eigenvalue weighted by Crippen LogP contribution is 1.93. The average Bonchev–Trinajstić information content (AvgIpc) is 1.57. The van der Waals surface area contributed by atoms with E-state index in [0.29, 0.717) is 11.4 Å². The van der Waals surface area contributed by atoms with E-state index in [-0.39, 0.29) is 0 Å². The molecule has 6 nitrogen and oxygen atoms in total. The highest BCUT2D eigenvalue weighted by molar-refractivity contribution is 6.68. The van der Waals surface area contributed by atoms with Crippen LogP contribution in [-0.2, 0) is 0 Å². The van der Waals surface area contributed by atoms with Crippen LogP contribution in [-0.4, -0.2) is 46.4 Å². The third-order valence-corrected chi connectivity index (χ3v) is 2.09. The summed E-state index contributed by atoms with van der Waals surface area (Å²) in [7, 11) is -8.79. The largest absolute Gasteiger partial charge is 0.520 e. The van der Waals surface area contributed by atoms with E-state index in [1.165, 1.54) is 0 Å². The summed E-state index contributed by atoms with van der Waals surface area (Å²) in [6.45, 7) is 0. The molecule has 8 heteroatoms. The zero-order valence-electron chi connectivity index (χ0n) is 4.84. The summed E-state index contributed by atoms with van der Waals surface area (Å²) in [5.74, 6) is 0. The maximum atomic E-state index is 8.23. The molecule has 0 fully saturated rings. The van der Waals surface area contributed by atoms with Crippen LogP contribution in [0.15, 0.2) is 11.4 Å². The maximum Gasteiger partial charge on any atom is 0.520 e. The van der Waals surface area contributed by atoms with Crippen molar-refractivity contribution >= 4 is 17.6 Å². The van der Waals surface area contributed by atoms with E-state index in [9.17, 15) is 0 Å². The van der Waals surface area contributed by atoms with Crippen molar-refractivity contribution in [2.75, 3.05) is 0 Å². The van der Waals surface area contributed by atoms with Crippen LogP contribution in [0, 0.1) is 0 Å². The standard InChI is InChI=1S/C2H8O6Si2/c3-9(4,5)1-2-10(6,7)8/h1-8H/b2-1+. The van der Waals surface area contributed by atoms with Crippen LogP contribution >= 0.6 is 0 Å². The molecule has 0 unspecified atom stereocenters. The second-order valence-electron chi connectivity index (χ2n) is 1.71. The molecule has 6 N–H and O–H groups in total. The van der Waals surface area contributed by atoms with Gasteiger partial charge in [0.1, 0.15) is 0 Å². The molecule has 60 valence electrons. The fourth-order valence-electron chi connectivity index (χ4n) is 0.224. The van der Waals surface area contributed by atoms with Crippen molar-refractivity contribution in [1.82, 2.24) is 0 Å². The van der Waals surface area contributed by atoms with E-state index in [2.05, 4.69) is 0 Å². The molecule has 0 saturated heterocycles. The Labute approximate surface area is 58.7 Å². The highest BCUT2D eigenvalue weighted by Gasteiger charge is 2.28. The van der Waals surface area contributed by atoms with E-state index < -0.39 is 17.6 Å². The molecule has 0 bridgehead atoms. The summed E-state index contributed by atoms with van der Waals surface area (Å²) in [4.78, 5) is 49.4. The summed E-state index contributed by atoms with van der Waals surface area (Å²) in [6.07, 6.45) is 0. The molecule has 0 heterocycles. The second kappa shape index (κ2) is 2.90. The van der Waals surface area contributed by atoms with E-state index in [4.69, 9.17) is 28.8 Å². The Kier molecular flexibility index (Phi) is 2.88. The molecular formula is C2H8O6Si2. The van der Waals surface area contributed by atoms with Gasteiger partial charge in [-0.2, -0.15) is 0 Å². The van der Waals surface area contributed by atoms with Crippen molar-refractivity contribution < 1.29 is 28.8 Å². The van der Waals surface area contributed by atoms with Gasteiger partial charge in [0.15, 0.2) is 0 Å². The predicted molar refractivity (Wildman–Crippen MR) is 34.0 cm³/mol. The lowest BCUT2D eigenvalue weighted by Crippen LogP contribution is -2.37. The molecule has 0 rings (SSSR count). The summed E-state index contributed by atoms with van der Waals surface area (Å²) in [5, 5.41) is 0. The summed E-state index contributed by atoms with van der Waals surface area (Å²) in [5.41, 5.74) is 0.776. The Bertz CT molecular complexity index is 114. The molecule has 0 aliphatic rings. The third kappa shape index (κ3) is 7.93. The van der Waals surface area contributed by atoms with Crippen molar-refractivity contribution in [1.29, 1.82) is 0 Å². The van der Waals surface area contributed by atoms with Gasteiger partial charge in [-0.05, 0) is 11.4 Å². The van der Waals surface area contributed by atoms with Crippen LogP contribution in [0.4, 0.5) is 0 Å². The van der Waals surface area contributed by atoms with Gasteiger partial charge in [0.05, 0.1) is 0 Å². The van der Waals surface area contributed by atoms with Crippen LogP contribution in [0.1, 0.15) is 0 Å².